The fourth-order valence-electron chi connectivity index (χ4n) is 3.18. The molecule has 0 fully saturated rings. The molecule has 0 aliphatic carbocycles. The van der Waals surface area contributed by atoms with E-state index in [2.05, 4.69) is 6.92 Å². The van der Waals surface area contributed by atoms with Crippen molar-refractivity contribution < 1.29 is 14.3 Å². The smallest absolute Gasteiger partial charge is 0.308 e. The van der Waals surface area contributed by atoms with Crippen molar-refractivity contribution >= 4 is 17.6 Å². The Morgan fingerprint density at radius 1 is 1.23 bits per heavy atom. The molecule has 1 aromatic carbocycles. The molecule has 1 heterocycles. The first-order valence-electron chi connectivity index (χ1n) is 8.14. The van der Waals surface area contributed by atoms with E-state index in [4.69, 9.17) is 4.74 Å². The third-order valence-electron chi connectivity index (χ3n) is 4.19. The second-order valence-corrected chi connectivity index (χ2v) is 5.96. The van der Waals surface area contributed by atoms with Crippen molar-refractivity contribution in [1.82, 2.24) is 0 Å². The summed E-state index contributed by atoms with van der Waals surface area (Å²) in [6.07, 6.45) is 5.81. The van der Waals surface area contributed by atoms with Gasteiger partial charge in [-0.2, -0.15) is 0 Å². The summed E-state index contributed by atoms with van der Waals surface area (Å²) < 4.78 is 5.37. The second-order valence-electron chi connectivity index (χ2n) is 5.96. The lowest BCUT2D eigenvalue weighted by molar-refractivity contribution is -0.132. The topological polar surface area (TPSA) is 46.6 Å². The van der Waals surface area contributed by atoms with Crippen molar-refractivity contribution in [3.05, 3.63) is 23.8 Å². The molecule has 1 unspecified atom stereocenters. The fraction of sp³-hybridized carbons (Fsp3) is 0.556. The molecule has 1 aliphatic rings. The van der Waals surface area contributed by atoms with Crippen molar-refractivity contribution in [1.29, 1.82) is 0 Å². The van der Waals surface area contributed by atoms with Gasteiger partial charge in [-0.05, 0) is 18.6 Å². The van der Waals surface area contributed by atoms with Crippen LogP contribution in [0, 0.1) is 0 Å². The zero-order chi connectivity index (χ0) is 16.1. The SMILES string of the molecule is CCCCCCC1CN(C(C)=O)c2cccc(OC(C)=O)c21. The number of carbonyl (C=O) groups is 2. The minimum atomic E-state index is -0.320. The van der Waals surface area contributed by atoms with Crippen LogP contribution in [0.15, 0.2) is 18.2 Å². The highest BCUT2D eigenvalue weighted by Crippen LogP contribution is 2.44. The lowest BCUT2D eigenvalue weighted by Gasteiger charge is -2.15. The van der Waals surface area contributed by atoms with Crippen LogP contribution in [0.2, 0.25) is 0 Å². The number of nitrogens with zero attached hydrogens (tertiary/aromatic N) is 1. The summed E-state index contributed by atoms with van der Waals surface area (Å²) in [5.74, 6) is 0.581. The molecule has 1 aromatic rings. The number of ether oxygens (including phenoxy) is 1. The van der Waals surface area contributed by atoms with Crippen molar-refractivity contribution in [2.45, 2.75) is 58.8 Å². The van der Waals surface area contributed by atoms with Crippen LogP contribution in [0.1, 0.15) is 64.4 Å². The molecule has 1 amide bonds. The summed E-state index contributed by atoms with van der Waals surface area (Å²) in [7, 11) is 0. The molecular formula is C18H25NO3. The zero-order valence-corrected chi connectivity index (χ0v) is 13.7. The van der Waals surface area contributed by atoms with E-state index < -0.39 is 0 Å². The van der Waals surface area contributed by atoms with Crippen LogP contribution in [0.3, 0.4) is 0 Å². The Bertz CT molecular complexity index is 553. The standard InChI is InChI=1S/C18H25NO3/c1-4-5-6-7-9-15-12-19(13(2)20)16-10-8-11-17(18(15)16)22-14(3)21/h8,10-11,15H,4-7,9,12H2,1-3H3. The van der Waals surface area contributed by atoms with E-state index in [0.717, 1.165) is 24.1 Å². The number of benzene rings is 1. The van der Waals surface area contributed by atoms with Crippen molar-refractivity contribution in [2.24, 2.45) is 0 Å². The Morgan fingerprint density at radius 3 is 2.64 bits per heavy atom. The number of rotatable bonds is 6. The first kappa shape index (κ1) is 16.5. The molecule has 4 heteroatoms. The van der Waals surface area contributed by atoms with E-state index >= 15 is 0 Å². The number of anilines is 1. The maximum Gasteiger partial charge on any atom is 0.308 e. The quantitative estimate of drug-likeness (QED) is 0.453. The van der Waals surface area contributed by atoms with Gasteiger partial charge in [0.1, 0.15) is 5.75 Å². The average Bonchev–Trinajstić information content (AvgIpc) is 2.83. The van der Waals surface area contributed by atoms with Gasteiger partial charge in [0.05, 0.1) is 5.69 Å². The molecule has 0 aromatic heterocycles. The number of amides is 1. The maximum atomic E-state index is 11.9. The molecule has 0 saturated heterocycles. The molecule has 4 nitrogen and oxygen atoms in total. The first-order valence-corrected chi connectivity index (χ1v) is 8.14. The highest BCUT2D eigenvalue weighted by Gasteiger charge is 2.33. The summed E-state index contributed by atoms with van der Waals surface area (Å²) in [4.78, 5) is 25.0. The molecule has 2 rings (SSSR count). The highest BCUT2D eigenvalue weighted by atomic mass is 16.5. The van der Waals surface area contributed by atoms with Gasteiger partial charge in [-0.15, -0.1) is 0 Å². The van der Waals surface area contributed by atoms with E-state index in [9.17, 15) is 9.59 Å². The number of esters is 1. The summed E-state index contributed by atoms with van der Waals surface area (Å²) in [5, 5.41) is 0. The van der Waals surface area contributed by atoms with E-state index in [0.29, 0.717) is 12.3 Å². The van der Waals surface area contributed by atoms with Gasteiger partial charge in [-0.25, -0.2) is 0 Å². The van der Waals surface area contributed by atoms with Gasteiger partial charge in [0.25, 0.3) is 0 Å². The van der Waals surface area contributed by atoms with Crippen LogP contribution in [-0.2, 0) is 9.59 Å². The molecule has 120 valence electrons. The van der Waals surface area contributed by atoms with Crippen LogP contribution in [-0.4, -0.2) is 18.4 Å². The molecule has 0 bridgehead atoms. The predicted molar refractivity (Wildman–Crippen MR) is 87.3 cm³/mol. The Balaban J connectivity index is 2.25. The van der Waals surface area contributed by atoms with Crippen LogP contribution in [0.5, 0.6) is 5.75 Å². The lowest BCUT2D eigenvalue weighted by Crippen LogP contribution is -2.26. The van der Waals surface area contributed by atoms with E-state index in [1.165, 1.54) is 26.2 Å². The predicted octanol–water partition coefficient (Wildman–Crippen LogP) is 4.03. The Kier molecular flexibility index (Phi) is 5.58. The average molecular weight is 303 g/mol. The number of fused-ring (bicyclic) bond motifs is 1. The fourth-order valence-corrected chi connectivity index (χ4v) is 3.18. The molecule has 1 atom stereocenters. The Hall–Kier alpha value is -1.84. The zero-order valence-electron chi connectivity index (χ0n) is 13.7. The number of hydrogen-bond donors (Lipinski definition) is 0. The van der Waals surface area contributed by atoms with E-state index in [-0.39, 0.29) is 17.8 Å². The second kappa shape index (κ2) is 7.43. The molecule has 1 aliphatic heterocycles. The van der Waals surface area contributed by atoms with Gasteiger partial charge < -0.3 is 9.64 Å². The van der Waals surface area contributed by atoms with Gasteiger partial charge in [-0.1, -0.05) is 38.7 Å². The summed E-state index contributed by atoms with van der Waals surface area (Å²) in [6.45, 7) is 5.88. The van der Waals surface area contributed by atoms with Crippen molar-refractivity contribution in [2.75, 3.05) is 11.4 Å². The van der Waals surface area contributed by atoms with Gasteiger partial charge in [-0.3, -0.25) is 9.59 Å². The van der Waals surface area contributed by atoms with Crippen molar-refractivity contribution in [3.63, 3.8) is 0 Å². The van der Waals surface area contributed by atoms with Crippen LogP contribution in [0.25, 0.3) is 0 Å². The number of carbonyl (C=O) groups excluding carboxylic acids is 2. The summed E-state index contributed by atoms with van der Waals surface area (Å²) in [6, 6.07) is 5.60. The third-order valence-corrected chi connectivity index (χ3v) is 4.19. The third kappa shape index (κ3) is 3.67. The first-order chi connectivity index (χ1) is 10.5. The minimum Gasteiger partial charge on any atom is -0.426 e. The molecule has 0 saturated carbocycles. The molecule has 0 N–H and O–H groups in total. The number of unbranched alkanes of at least 4 members (excludes halogenated alkanes) is 3. The normalized spacial score (nSPS) is 16.5. The van der Waals surface area contributed by atoms with Crippen LogP contribution in [0.4, 0.5) is 5.69 Å². The maximum absolute atomic E-state index is 11.9. The largest absolute Gasteiger partial charge is 0.426 e. The molecule has 0 spiro atoms. The van der Waals surface area contributed by atoms with Gasteiger partial charge >= 0.3 is 5.97 Å². The summed E-state index contributed by atoms with van der Waals surface area (Å²) in [5.41, 5.74) is 1.91. The molecule has 22 heavy (non-hydrogen) atoms. The Morgan fingerprint density at radius 2 is 2.00 bits per heavy atom. The van der Waals surface area contributed by atoms with Crippen LogP contribution < -0.4 is 9.64 Å². The van der Waals surface area contributed by atoms with Crippen LogP contribution >= 0.6 is 0 Å². The monoisotopic (exact) mass is 303 g/mol. The highest BCUT2D eigenvalue weighted by molar-refractivity contribution is 5.95. The molecular weight excluding hydrogens is 278 g/mol. The van der Waals surface area contributed by atoms with E-state index in [1.807, 2.05) is 18.2 Å². The van der Waals surface area contributed by atoms with Gasteiger partial charge in [0, 0.05) is 31.9 Å². The Labute approximate surface area is 132 Å². The van der Waals surface area contributed by atoms with Gasteiger partial charge in [0.2, 0.25) is 5.91 Å². The summed E-state index contributed by atoms with van der Waals surface area (Å²) >= 11 is 0. The van der Waals surface area contributed by atoms with Gasteiger partial charge in [0.15, 0.2) is 0 Å². The molecule has 0 radical (unpaired) electrons. The van der Waals surface area contributed by atoms with E-state index in [1.54, 1.807) is 11.8 Å². The minimum absolute atomic E-state index is 0.0392. The number of hydrogen-bond acceptors (Lipinski definition) is 3. The van der Waals surface area contributed by atoms with Crippen molar-refractivity contribution in [3.8, 4) is 5.75 Å². The lowest BCUT2D eigenvalue weighted by atomic mass is 9.94.